The summed E-state index contributed by atoms with van der Waals surface area (Å²) < 4.78 is 6.10. The van der Waals surface area contributed by atoms with Crippen molar-refractivity contribution in [1.82, 2.24) is 4.90 Å². The first kappa shape index (κ1) is 20.4. The number of aliphatic imine (C=N–C) groups is 1. The summed E-state index contributed by atoms with van der Waals surface area (Å²) in [4.78, 5) is 29.8. The van der Waals surface area contributed by atoms with Gasteiger partial charge in [0.2, 0.25) is 0 Å². The summed E-state index contributed by atoms with van der Waals surface area (Å²) in [7, 11) is 1.65. The van der Waals surface area contributed by atoms with Crippen molar-refractivity contribution in [3.8, 4) is 5.75 Å². The van der Waals surface area contributed by atoms with E-state index in [1.165, 1.54) is 16.7 Å². The molecule has 1 fully saturated rings. The Morgan fingerprint density at radius 2 is 2.04 bits per heavy atom. The van der Waals surface area contributed by atoms with Crippen LogP contribution in [0.3, 0.4) is 0 Å². The molecule has 0 spiro atoms. The molecule has 0 radical (unpaired) electrons. The van der Waals surface area contributed by atoms with Crippen LogP contribution in [-0.4, -0.2) is 40.7 Å². The van der Waals surface area contributed by atoms with Crippen LogP contribution in [0, 0.1) is 0 Å². The lowest BCUT2D eigenvalue weighted by atomic mass is 10.2. The number of nitrogens with zero attached hydrogens (tertiary/aromatic N) is 2. The van der Waals surface area contributed by atoms with E-state index in [2.05, 4.69) is 20.9 Å². The number of amides is 1. The fraction of sp³-hybridized carbons (Fsp3) is 0.105. The van der Waals surface area contributed by atoms with Gasteiger partial charge in [0.1, 0.15) is 5.75 Å². The fourth-order valence-electron chi connectivity index (χ4n) is 2.32. The van der Waals surface area contributed by atoms with Gasteiger partial charge < -0.3 is 9.84 Å². The Morgan fingerprint density at radius 1 is 1.32 bits per heavy atom. The second-order valence-electron chi connectivity index (χ2n) is 5.71. The van der Waals surface area contributed by atoms with Gasteiger partial charge in [-0.3, -0.25) is 9.69 Å². The molecule has 0 aromatic heterocycles. The van der Waals surface area contributed by atoms with E-state index in [0.29, 0.717) is 32.1 Å². The maximum atomic E-state index is 12.6. The highest BCUT2D eigenvalue weighted by Crippen LogP contribution is 2.35. The van der Waals surface area contributed by atoms with Gasteiger partial charge >= 0.3 is 5.97 Å². The van der Waals surface area contributed by atoms with Crippen molar-refractivity contribution >= 4 is 68.1 Å². The molecule has 0 saturated carbocycles. The monoisotopic (exact) mass is 480 g/mol. The molecule has 1 heterocycles. The molecule has 6 nitrogen and oxygen atoms in total. The lowest BCUT2D eigenvalue weighted by Crippen LogP contribution is -2.23. The molecule has 1 amide bonds. The number of ether oxygens (including phenoxy) is 1. The average molecular weight is 482 g/mol. The highest BCUT2D eigenvalue weighted by atomic mass is 79.9. The molecule has 0 bridgehead atoms. The number of likely N-dealkylation sites (N-methyl/N-ethyl adjacent to an activating group) is 1. The Kier molecular flexibility index (Phi) is 6.43. The number of carbonyl (C=O) groups is 2. The van der Waals surface area contributed by atoms with Crippen molar-refractivity contribution in [2.24, 2.45) is 4.99 Å². The minimum absolute atomic E-state index is 0.207. The van der Waals surface area contributed by atoms with Crippen LogP contribution in [0.1, 0.15) is 5.56 Å². The summed E-state index contributed by atoms with van der Waals surface area (Å²) in [6.45, 7) is -0.470. The third kappa shape index (κ3) is 4.95. The number of benzene rings is 2. The summed E-state index contributed by atoms with van der Waals surface area (Å²) in [6, 6.07) is 12.1. The number of hydrogen-bond donors (Lipinski definition) is 1. The van der Waals surface area contributed by atoms with Crippen molar-refractivity contribution in [2.45, 2.75) is 0 Å². The minimum atomic E-state index is -1.08. The van der Waals surface area contributed by atoms with Gasteiger partial charge in [0.05, 0.1) is 10.6 Å². The van der Waals surface area contributed by atoms with Gasteiger partial charge in [-0.15, -0.1) is 0 Å². The van der Waals surface area contributed by atoms with E-state index >= 15 is 0 Å². The van der Waals surface area contributed by atoms with Crippen molar-refractivity contribution in [3.63, 3.8) is 0 Å². The molecule has 144 valence electrons. The molecule has 3 rings (SSSR count). The Bertz CT molecular complexity index is 992. The van der Waals surface area contributed by atoms with E-state index in [9.17, 15) is 9.59 Å². The van der Waals surface area contributed by atoms with Gasteiger partial charge in [0, 0.05) is 22.1 Å². The number of carboxylic acids is 1. The van der Waals surface area contributed by atoms with Crippen LogP contribution in [0.25, 0.3) is 6.08 Å². The minimum Gasteiger partial charge on any atom is -0.481 e. The molecule has 9 heteroatoms. The summed E-state index contributed by atoms with van der Waals surface area (Å²) in [6.07, 6.45) is 1.66. The number of thioether (sulfide) groups is 1. The number of halogens is 2. The van der Waals surface area contributed by atoms with Crippen molar-refractivity contribution in [2.75, 3.05) is 13.7 Å². The zero-order valence-corrected chi connectivity index (χ0v) is 17.7. The van der Waals surface area contributed by atoms with Crippen LogP contribution >= 0.6 is 39.3 Å². The highest BCUT2D eigenvalue weighted by Gasteiger charge is 2.30. The lowest BCUT2D eigenvalue weighted by molar-refractivity contribution is -0.139. The molecule has 0 unspecified atom stereocenters. The van der Waals surface area contributed by atoms with E-state index in [-0.39, 0.29) is 5.91 Å². The van der Waals surface area contributed by atoms with Crippen molar-refractivity contribution < 1.29 is 19.4 Å². The second kappa shape index (κ2) is 8.81. The molecule has 1 saturated heterocycles. The molecule has 28 heavy (non-hydrogen) atoms. The normalized spacial score (nSPS) is 16.8. The third-order valence-corrected chi connectivity index (χ3v) is 5.47. The fourth-order valence-corrected chi connectivity index (χ4v) is 3.80. The molecule has 1 aliphatic heterocycles. The van der Waals surface area contributed by atoms with Crippen LogP contribution < -0.4 is 4.74 Å². The Morgan fingerprint density at radius 3 is 2.71 bits per heavy atom. The number of amidine groups is 1. The van der Waals surface area contributed by atoms with Crippen LogP contribution in [0.4, 0.5) is 5.69 Å². The second-order valence-corrected chi connectivity index (χ2v) is 8.07. The Balaban J connectivity index is 1.90. The molecule has 0 atom stereocenters. The number of hydrogen-bond acceptors (Lipinski definition) is 5. The van der Waals surface area contributed by atoms with E-state index in [1.54, 1.807) is 55.6 Å². The van der Waals surface area contributed by atoms with Crippen molar-refractivity contribution in [3.05, 3.63) is 62.4 Å². The molecular weight excluding hydrogens is 468 g/mol. The maximum absolute atomic E-state index is 12.6. The average Bonchev–Trinajstić information content (AvgIpc) is 2.91. The van der Waals surface area contributed by atoms with E-state index in [0.717, 1.165) is 4.47 Å². The first-order chi connectivity index (χ1) is 13.3. The molecule has 1 N–H and O–H groups in total. The predicted molar refractivity (Wildman–Crippen MR) is 114 cm³/mol. The van der Waals surface area contributed by atoms with Crippen LogP contribution in [-0.2, 0) is 9.59 Å². The first-order valence-electron chi connectivity index (χ1n) is 7.99. The number of carbonyl (C=O) groups excluding carboxylic acids is 1. The molecule has 2 aromatic rings. The standard InChI is InChI=1S/C19H14BrClN2O4S/c1-23-18(26)16(28-19(23)22-14-5-3-13(21)4-6-14)9-11-8-12(20)2-7-15(11)27-10-17(24)25/h2-9H,10H2,1H3,(H,24,25)/b16-9-,22-19?. The van der Waals surface area contributed by atoms with Gasteiger partial charge in [-0.25, -0.2) is 9.79 Å². The topological polar surface area (TPSA) is 79.2 Å². The summed E-state index contributed by atoms with van der Waals surface area (Å²) in [5.74, 6) is -0.913. The predicted octanol–water partition coefficient (Wildman–Crippen LogP) is 4.80. The van der Waals surface area contributed by atoms with Gasteiger partial charge in [0.15, 0.2) is 11.8 Å². The van der Waals surface area contributed by atoms with Gasteiger partial charge in [-0.1, -0.05) is 27.5 Å². The molecule has 2 aromatic carbocycles. The van der Waals surface area contributed by atoms with Gasteiger partial charge in [-0.05, 0) is 60.3 Å². The van der Waals surface area contributed by atoms with Gasteiger partial charge in [-0.2, -0.15) is 0 Å². The number of aliphatic carboxylic acids is 1. The summed E-state index contributed by atoms with van der Waals surface area (Å²) >= 11 is 10.5. The number of carboxylic acid groups (broad SMARTS) is 1. The molecule has 1 aliphatic rings. The zero-order valence-electron chi connectivity index (χ0n) is 14.6. The molecule has 0 aliphatic carbocycles. The van der Waals surface area contributed by atoms with E-state index < -0.39 is 12.6 Å². The molecular formula is C19H14BrClN2O4S. The van der Waals surface area contributed by atoms with Crippen LogP contribution in [0.15, 0.2) is 56.8 Å². The lowest BCUT2D eigenvalue weighted by Gasteiger charge is -2.08. The SMILES string of the molecule is CN1C(=O)/C(=C/c2cc(Br)ccc2OCC(=O)O)SC1=Nc1ccc(Cl)cc1. The summed E-state index contributed by atoms with van der Waals surface area (Å²) in [5.41, 5.74) is 1.27. The first-order valence-corrected chi connectivity index (χ1v) is 9.98. The Hall–Kier alpha value is -2.29. The van der Waals surface area contributed by atoms with E-state index in [4.69, 9.17) is 21.4 Å². The van der Waals surface area contributed by atoms with E-state index in [1.807, 2.05) is 0 Å². The van der Waals surface area contributed by atoms with Crippen molar-refractivity contribution in [1.29, 1.82) is 0 Å². The quantitative estimate of drug-likeness (QED) is 0.621. The number of rotatable bonds is 5. The van der Waals surface area contributed by atoms with Crippen LogP contribution in [0.5, 0.6) is 5.75 Å². The Labute approximate surface area is 179 Å². The maximum Gasteiger partial charge on any atom is 0.341 e. The third-order valence-electron chi connectivity index (χ3n) is 3.66. The highest BCUT2D eigenvalue weighted by molar-refractivity contribution is 9.10. The smallest absolute Gasteiger partial charge is 0.341 e. The van der Waals surface area contributed by atoms with Gasteiger partial charge in [0.25, 0.3) is 5.91 Å². The summed E-state index contributed by atoms with van der Waals surface area (Å²) in [5, 5.41) is 9.97. The van der Waals surface area contributed by atoms with Crippen LogP contribution in [0.2, 0.25) is 5.02 Å². The largest absolute Gasteiger partial charge is 0.481 e. The zero-order chi connectivity index (χ0) is 20.3.